The van der Waals surface area contributed by atoms with Gasteiger partial charge in [0.05, 0.1) is 30.4 Å². The summed E-state index contributed by atoms with van der Waals surface area (Å²) in [6, 6.07) is 15.3. The molecule has 2 aliphatic rings. The van der Waals surface area contributed by atoms with E-state index < -0.39 is 11.9 Å². The quantitative estimate of drug-likeness (QED) is 0.431. The number of aliphatic carboxylic acids is 1. The number of carbonyl (C=O) groups is 2. The first-order valence-corrected chi connectivity index (χ1v) is 12.6. The molecule has 0 spiro atoms. The summed E-state index contributed by atoms with van der Waals surface area (Å²) < 4.78 is 16.8. The van der Waals surface area contributed by atoms with Crippen molar-refractivity contribution in [1.29, 1.82) is 0 Å². The van der Waals surface area contributed by atoms with E-state index >= 15 is 0 Å². The summed E-state index contributed by atoms with van der Waals surface area (Å²) in [5.41, 5.74) is 11.0. The molecule has 1 unspecified atom stereocenters. The van der Waals surface area contributed by atoms with Crippen LogP contribution in [0.25, 0.3) is 5.57 Å². The molecule has 2 aromatic carbocycles. The van der Waals surface area contributed by atoms with Gasteiger partial charge in [-0.05, 0) is 42.2 Å². The zero-order chi connectivity index (χ0) is 27.7. The van der Waals surface area contributed by atoms with E-state index in [1.807, 2.05) is 55.5 Å². The molecule has 0 saturated carbocycles. The second kappa shape index (κ2) is 13.8. The lowest BCUT2D eigenvalue weighted by molar-refractivity contribution is -0.137. The van der Waals surface area contributed by atoms with E-state index in [0.717, 1.165) is 45.7 Å². The Labute approximate surface area is 227 Å². The monoisotopic (exact) mass is 536 g/mol. The first-order chi connectivity index (χ1) is 18.3. The summed E-state index contributed by atoms with van der Waals surface area (Å²) in [7, 11) is 3.35. The number of para-hydroxylation sites is 1. The minimum absolute atomic E-state index is 0.0970. The summed E-state index contributed by atoms with van der Waals surface area (Å²) in [5.74, 6) is -0.570. The van der Waals surface area contributed by atoms with E-state index in [-0.39, 0.29) is 18.2 Å². The Bertz CT molecular complexity index is 1280. The Morgan fingerprint density at radius 2 is 1.84 bits per heavy atom. The molecule has 0 aromatic heterocycles. The Hall–Kier alpha value is -3.66. The second-order valence-corrected chi connectivity index (χ2v) is 9.02. The second-order valence-electron chi connectivity index (χ2n) is 8.61. The maximum atomic E-state index is 10.9. The fourth-order valence-electron chi connectivity index (χ4n) is 4.18. The van der Waals surface area contributed by atoms with Crippen molar-refractivity contribution in [2.45, 2.75) is 32.3 Å². The smallest absolute Gasteiger partial charge is 0.303 e. The number of primary amides is 1. The summed E-state index contributed by atoms with van der Waals surface area (Å²) in [6.45, 7) is 3.22. The van der Waals surface area contributed by atoms with E-state index in [0.29, 0.717) is 24.5 Å². The van der Waals surface area contributed by atoms with Gasteiger partial charge in [0.25, 0.3) is 5.91 Å². The SMILES string of the molecule is CCOCC1=CC(OC)=C(c2ccc(CCC(=O)O)cc2)C(OC)C1.NC(=O)C1=Nc2ccccc2C1=S. The minimum atomic E-state index is -0.785. The number of aliphatic imine (C=N–C) groups is 1. The zero-order valence-electron chi connectivity index (χ0n) is 21.7. The van der Waals surface area contributed by atoms with Crippen molar-refractivity contribution in [3.8, 4) is 0 Å². The largest absolute Gasteiger partial charge is 0.496 e. The number of fused-ring (bicyclic) bond motifs is 1. The molecule has 1 aliphatic carbocycles. The van der Waals surface area contributed by atoms with Crippen molar-refractivity contribution in [2.75, 3.05) is 27.4 Å². The van der Waals surface area contributed by atoms with Gasteiger partial charge in [0, 0.05) is 37.7 Å². The molecule has 0 saturated heterocycles. The summed E-state index contributed by atoms with van der Waals surface area (Å²) in [4.78, 5) is 26.1. The molecule has 0 fully saturated rings. The van der Waals surface area contributed by atoms with Crippen molar-refractivity contribution < 1.29 is 28.9 Å². The van der Waals surface area contributed by atoms with Crippen LogP contribution in [0.2, 0.25) is 0 Å². The van der Waals surface area contributed by atoms with Gasteiger partial charge in [-0.3, -0.25) is 9.59 Å². The Morgan fingerprint density at radius 3 is 2.42 bits per heavy atom. The van der Waals surface area contributed by atoms with Crippen molar-refractivity contribution in [3.63, 3.8) is 0 Å². The Balaban J connectivity index is 0.000000256. The van der Waals surface area contributed by atoms with Gasteiger partial charge in [0.1, 0.15) is 11.5 Å². The van der Waals surface area contributed by atoms with Gasteiger partial charge in [-0.15, -0.1) is 0 Å². The number of methoxy groups -OCH3 is 2. The molecule has 4 rings (SSSR count). The van der Waals surface area contributed by atoms with Crippen LogP contribution in [0.4, 0.5) is 5.69 Å². The summed E-state index contributed by atoms with van der Waals surface area (Å²) in [5, 5.41) is 8.80. The number of hydrogen-bond donors (Lipinski definition) is 2. The van der Waals surface area contributed by atoms with Crippen molar-refractivity contribution >= 4 is 45.9 Å². The van der Waals surface area contributed by atoms with Gasteiger partial charge in [0.2, 0.25) is 0 Å². The molecule has 200 valence electrons. The van der Waals surface area contributed by atoms with E-state index in [9.17, 15) is 9.59 Å². The average Bonchev–Trinajstić information content (AvgIpc) is 3.27. The highest BCUT2D eigenvalue weighted by atomic mass is 32.1. The highest BCUT2D eigenvalue weighted by Gasteiger charge is 2.26. The van der Waals surface area contributed by atoms with E-state index in [2.05, 4.69) is 4.99 Å². The van der Waals surface area contributed by atoms with Gasteiger partial charge < -0.3 is 25.1 Å². The fraction of sp³-hybridized carbons (Fsp3) is 0.310. The van der Waals surface area contributed by atoms with Crippen LogP contribution in [0, 0.1) is 0 Å². The van der Waals surface area contributed by atoms with Crippen molar-refractivity contribution in [3.05, 3.63) is 82.6 Å². The number of nitrogens with zero attached hydrogens (tertiary/aromatic N) is 1. The first-order valence-electron chi connectivity index (χ1n) is 12.2. The zero-order valence-corrected chi connectivity index (χ0v) is 22.5. The minimum Gasteiger partial charge on any atom is -0.496 e. The predicted octanol–water partition coefficient (Wildman–Crippen LogP) is 4.42. The van der Waals surface area contributed by atoms with Gasteiger partial charge in [-0.25, -0.2) is 4.99 Å². The van der Waals surface area contributed by atoms with Gasteiger partial charge in [0.15, 0.2) is 0 Å². The molecular weight excluding hydrogens is 504 g/mol. The lowest BCUT2D eigenvalue weighted by Gasteiger charge is -2.27. The third-order valence-electron chi connectivity index (χ3n) is 6.09. The maximum Gasteiger partial charge on any atom is 0.303 e. The van der Waals surface area contributed by atoms with Gasteiger partial charge in [-0.1, -0.05) is 54.7 Å². The number of hydrogen-bond acceptors (Lipinski definition) is 7. The highest BCUT2D eigenvalue weighted by molar-refractivity contribution is 7.83. The predicted molar refractivity (Wildman–Crippen MR) is 151 cm³/mol. The molecule has 2 aromatic rings. The van der Waals surface area contributed by atoms with Crippen LogP contribution in [0.1, 0.15) is 36.5 Å². The highest BCUT2D eigenvalue weighted by Crippen LogP contribution is 2.34. The molecule has 0 radical (unpaired) electrons. The molecule has 9 heteroatoms. The summed E-state index contributed by atoms with van der Waals surface area (Å²) in [6.07, 6.45) is 3.35. The standard InChI is InChI=1S/C20H26O5.C9H6N2OS/c1-4-25-13-15-11-17(23-2)20(18(12-15)24-3)16-8-5-14(6-9-16)7-10-19(21)22;10-9(12)7-8(13)5-3-1-2-4-6(5)11-7/h5-6,8-9,11,18H,4,7,10,12-13H2,1-3H3,(H,21,22);1-4H,(H2,10,12). The molecule has 38 heavy (non-hydrogen) atoms. The molecule has 1 heterocycles. The summed E-state index contributed by atoms with van der Waals surface area (Å²) >= 11 is 5.04. The van der Waals surface area contributed by atoms with Crippen LogP contribution in [0.15, 0.2) is 70.9 Å². The van der Waals surface area contributed by atoms with Crippen LogP contribution in [0.3, 0.4) is 0 Å². The Kier molecular flexibility index (Phi) is 10.5. The number of aryl methyl sites for hydroxylation is 1. The third-order valence-corrected chi connectivity index (χ3v) is 6.50. The van der Waals surface area contributed by atoms with Crippen LogP contribution in [-0.4, -0.2) is 61.1 Å². The number of carbonyl (C=O) groups excluding carboxylic acids is 1. The van der Waals surface area contributed by atoms with Crippen LogP contribution in [0.5, 0.6) is 0 Å². The first kappa shape index (κ1) is 28.9. The molecule has 3 N–H and O–H groups in total. The Morgan fingerprint density at radius 1 is 1.13 bits per heavy atom. The number of carboxylic acids is 1. The number of benzene rings is 2. The lowest BCUT2D eigenvalue weighted by Crippen LogP contribution is -2.27. The van der Waals surface area contributed by atoms with Crippen molar-refractivity contribution in [2.24, 2.45) is 10.7 Å². The molecule has 1 atom stereocenters. The fourth-order valence-corrected chi connectivity index (χ4v) is 4.50. The third kappa shape index (κ3) is 7.22. The number of rotatable bonds is 10. The number of thiocarbonyl (C=S) groups is 1. The van der Waals surface area contributed by atoms with Crippen LogP contribution < -0.4 is 5.73 Å². The molecule has 1 amide bonds. The molecule has 0 bridgehead atoms. The topological polar surface area (TPSA) is 120 Å². The van der Waals surface area contributed by atoms with E-state index in [4.69, 9.17) is 37.3 Å². The normalized spacial score (nSPS) is 16.2. The number of ether oxygens (including phenoxy) is 3. The van der Waals surface area contributed by atoms with Crippen molar-refractivity contribution in [1.82, 2.24) is 0 Å². The number of carboxylic acid groups (broad SMARTS) is 1. The number of allylic oxidation sites excluding steroid dienone is 1. The number of nitrogens with two attached hydrogens (primary N) is 1. The van der Waals surface area contributed by atoms with Gasteiger partial charge in [-0.2, -0.15) is 0 Å². The lowest BCUT2D eigenvalue weighted by atomic mass is 9.89. The number of amides is 1. The van der Waals surface area contributed by atoms with E-state index in [1.54, 1.807) is 20.3 Å². The van der Waals surface area contributed by atoms with Gasteiger partial charge >= 0.3 is 5.97 Å². The average molecular weight is 537 g/mol. The molecular formula is C29H32N2O6S. The van der Waals surface area contributed by atoms with Crippen LogP contribution in [-0.2, 0) is 30.2 Å². The van der Waals surface area contributed by atoms with Crippen LogP contribution >= 0.6 is 12.2 Å². The maximum absolute atomic E-state index is 10.9. The van der Waals surface area contributed by atoms with E-state index in [1.165, 1.54) is 0 Å². The molecule has 8 nitrogen and oxygen atoms in total. The molecule has 1 aliphatic heterocycles.